The van der Waals surface area contributed by atoms with Crippen LogP contribution in [-0.2, 0) is 5.41 Å². The molecule has 1 N–H and O–H groups in total. The number of aliphatic hydroxyl groups is 1. The lowest BCUT2D eigenvalue weighted by molar-refractivity contribution is 0.159. The van der Waals surface area contributed by atoms with Crippen molar-refractivity contribution in [3.63, 3.8) is 0 Å². The third-order valence-electron chi connectivity index (χ3n) is 2.93. The molecular weight excluding hydrogens is 244 g/mol. The second kappa shape index (κ2) is 5.66. The molecule has 0 bridgehead atoms. The molecule has 0 radical (unpaired) electrons. The van der Waals surface area contributed by atoms with E-state index in [-0.39, 0.29) is 5.41 Å². The molecule has 1 aromatic heterocycles. The summed E-state index contributed by atoms with van der Waals surface area (Å²) in [5.74, 6) is 0. The first-order valence-electron chi connectivity index (χ1n) is 6.62. The van der Waals surface area contributed by atoms with Gasteiger partial charge in [-0.05, 0) is 36.2 Å². The molecule has 18 heavy (non-hydrogen) atoms. The zero-order valence-electron chi connectivity index (χ0n) is 12.4. The topological polar surface area (TPSA) is 46.0 Å². The Hall–Kier alpha value is -0.480. The zero-order valence-corrected chi connectivity index (χ0v) is 13.3. The maximum Gasteiger partial charge on any atom is 0.0917 e. The first-order chi connectivity index (χ1) is 8.11. The minimum Gasteiger partial charge on any atom is -0.387 e. The lowest BCUT2D eigenvalue weighted by Gasteiger charge is -2.21. The van der Waals surface area contributed by atoms with Gasteiger partial charge in [-0.25, -0.2) is 0 Å². The summed E-state index contributed by atoms with van der Waals surface area (Å²) in [6.07, 6.45) is 2.54. The summed E-state index contributed by atoms with van der Waals surface area (Å²) in [6.45, 7) is 13.0. The molecule has 0 saturated heterocycles. The van der Waals surface area contributed by atoms with E-state index in [1.807, 2.05) is 0 Å². The van der Waals surface area contributed by atoms with Gasteiger partial charge in [-0.1, -0.05) is 46.0 Å². The molecule has 0 aromatic carbocycles. The summed E-state index contributed by atoms with van der Waals surface area (Å²) in [7, 11) is 0. The molecule has 0 fully saturated rings. The number of hydrogen-bond acceptors (Lipinski definition) is 4. The van der Waals surface area contributed by atoms with Crippen LogP contribution in [0.4, 0.5) is 0 Å². The van der Waals surface area contributed by atoms with Crippen molar-refractivity contribution in [2.24, 2.45) is 5.41 Å². The van der Waals surface area contributed by atoms with Crippen molar-refractivity contribution in [3.8, 4) is 0 Å². The second-order valence-corrected chi connectivity index (χ2v) is 7.99. The maximum atomic E-state index is 10.3. The van der Waals surface area contributed by atoms with Crippen LogP contribution in [0.15, 0.2) is 0 Å². The molecule has 0 aliphatic carbocycles. The molecule has 1 rings (SSSR count). The van der Waals surface area contributed by atoms with E-state index in [0.717, 1.165) is 29.8 Å². The lowest BCUT2D eigenvalue weighted by atomic mass is 9.87. The summed E-state index contributed by atoms with van der Waals surface area (Å²) in [4.78, 5) is 0.941. The van der Waals surface area contributed by atoms with E-state index in [1.54, 1.807) is 0 Å². The smallest absolute Gasteiger partial charge is 0.0917 e. The van der Waals surface area contributed by atoms with Gasteiger partial charge in [0.1, 0.15) is 0 Å². The molecule has 0 aliphatic rings. The van der Waals surface area contributed by atoms with Crippen LogP contribution in [0.3, 0.4) is 0 Å². The van der Waals surface area contributed by atoms with Crippen molar-refractivity contribution in [1.29, 1.82) is 0 Å². The van der Waals surface area contributed by atoms with Crippen LogP contribution < -0.4 is 0 Å². The Balaban J connectivity index is 2.63. The van der Waals surface area contributed by atoms with Crippen LogP contribution in [-0.4, -0.2) is 14.7 Å². The monoisotopic (exact) mass is 270 g/mol. The van der Waals surface area contributed by atoms with E-state index in [2.05, 4.69) is 51.1 Å². The number of aliphatic hydroxyl groups excluding tert-OH is 1. The fourth-order valence-electron chi connectivity index (χ4n) is 1.89. The van der Waals surface area contributed by atoms with Crippen LogP contribution in [0, 0.1) is 5.41 Å². The Morgan fingerprint density at radius 1 is 1.17 bits per heavy atom. The molecule has 0 saturated carbocycles. The van der Waals surface area contributed by atoms with Crippen LogP contribution in [0.5, 0.6) is 0 Å². The molecule has 3 nitrogen and oxygen atoms in total. The van der Waals surface area contributed by atoms with Crippen molar-refractivity contribution in [2.75, 3.05) is 0 Å². The maximum absolute atomic E-state index is 10.3. The van der Waals surface area contributed by atoms with Crippen LogP contribution in [0.1, 0.15) is 77.5 Å². The Bertz CT molecular complexity index is 374. The van der Waals surface area contributed by atoms with Gasteiger partial charge in [0.2, 0.25) is 0 Å². The SMILES string of the molecule is CC(C)(C)CCCC(O)c1snnc1C(C)(C)C. The zero-order chi connectivity index (χ0) is 14.0. The summed E-state index contributed by atoms with van der Waals surface area (Å²) in [5.41, 5.74) is 1.22. The van der Waals surface area contributed by atoms with Gasteiger partial charge in [0.15, 0.2) is 0 Å². The normalized spacial score (nSPS) is 14.8. The summed E-state index contributed by atoms with van der Waals surface area (Å²) >= 11 is 1.33. The van der Waals surface area contributed by atoms with Crippen LogP contribution in [0.25, 0.3) is 0 Å². The fraction of sp³-hybridized carbons (Fsp3) is 0.857. The van der Waals surface area contributed by atoms with Crippen molar-refractivity contribution in [3.05, 3.63) is 10.6 Å². The van der Waals surface area contributed by atoms with Gasteiger partial charge in [-0.2, -0.15) is 0 Å². The molecule has 1 heterocycles. The van der Waals surface area contributed by atoms with E-state index in [4.69, 9.17) is 0 Å². The highest BCUT2D eigenvalue weighted by atomic mass is 32.1. The lowest BCUT2D eigenvalue weighted by Crippen LogP contribution is -2.16. The molecule has 0 spiro atoms. The number of aromatic nitrogens is 2. The van der Waals surface area contributed by atoms with E-state index in [9.17, 15) is 5.11 Å². The van der Waals surface area contributed by atoms with Crippen LogP contribution in [0.2, 0.25) is 0 Å². The standard InChI is InChI=1S/C14H26N2OS/c1-13(2,3)9-7-8-10(17)11-12(14(4,5)6)15-16-18-11/h10,17H,7-9H2,1-6H3. The van der Waals surface area contributed by atoms with Gasteiger partial charge in [0.05, 0.1) is 16.7 Å². The quantitative estimate of drug-likeness (QED) is 0.896. The van der Waals surface area contributed by atoms with Gasteiger partial charge in [0.25, 0.3) is 0 Å². The summed E-state index contributed by atoms with van der Waals surface area (Å²) < 4.78 is 4.00. The first-order valence-corrected chi connectivity index (χ1v) is 7.39. The van der Waals surface area contributed by atoms with Crippen molar-refractivity contribution in [1.82, 2.24) is 9.59 Å². The summed E-state index contributed by atoms with van der Waals surface area (Å²) in [5, 5.41) is 14.5. The van der Waals surface area contributed by atoms with E-state index >= 15 is 0 Å². The predicted molar refractivity (Wildman–Crippen MR) is 76.9 cm³/mol. The molecule has 1 aromatic rings. The molecular formula is C14H26N2OS. The van der Waals surface area contributed by atoms with E-state index in [1.165, 1.54) is 11.5 Å². The number of rotatable bonds is 4. The largest absolute Gasteiger partial charge is 0.387 e. The number of hydrogen-bond donors (Lipinski definition) is 1. The highest BCUT2D eigenvalue weighted by Crippen LogP contribution is 2.33. The Labute approximate surface area is 115 Å². The molecule has 4 heteroatoms. The Morgan fingerprint density at radius 3 is 2.28 bits per heavy atom. The average molecular weight is 270 g/mol. The highest BCUT2D eigenvalue weighted by Gasteiger charge is 2.26. The highest BCUT2D eigenvalue weighted by molar-refractivity contribution is 7.05. The molecule has 0 aliphatic heterocycles. The van der Waals surface area contributed by atoms with Gasteiger partial charge in [-0.3, -0.25) is 0 Å². The number of nitrogens with zero attached hydrogens (tertiary/aromatic N) is 2. The molecule has 0 amide bonds. The van der Waals surface area contributed by atoms with Crippen molar-refractivity contribution < 1.29 is 5.11 Å². The van der Waals surface area contributed by atoms with Crippen molar-refractivity contribution >= 4 is 11.5 Å². The Morgan fingerprint density at radius 2 is 1.78 bits per heavy atom. The molecule has 1 unspecified atom stereocenters. The second-order valence-electron chi connectivity index (χ2n) is 7.20. The van der Waals surface area contributed by atoms with E-state index < -0.39 is 6.10 Å². The minimum absolute atomic E-state index is 0.0483. The van der Waals surface area contributed by atoms with Crippen molar-refractivity contribution in [2.45, 2.75) is 72.3 Å². The van der Waals surface area contributed by atoms with Gasteiger partial charge in [0, 0.05) is 5.41 Å². The Kier molecular flexibility index (Phi) is 4.90. The molecule has 1 atom stereocenters. The van der Waals surface area contributed by atoms with Crippen LogP contribution >= 0.6 is 11.5 Å². The van der Waals surface area contributed by atoms with Gasteiger partial charge in [-0.15, -0.1) is 5.10 Å². The third kappa shape index (κ3) is 4.65. The van der Waals surface area contributed by atoms with Gasteiger partial charge < -0.3 is 5.11 Å². The third-order valence-corrected chi connectivity index (χ3v) is 3.76. The first kappa shape index (κ1) is 15.6. The molecule has 104 valence electrons. The van der Waals surface area contributed by atoms with E-state index in [0.29, 0.717) is 5.41 Å². The van der Waals surface area contributed by atoms with Gasteiger partial charge >= 0.3 is 0 Å². The minimum atomic E-state index is -0.415. The fourth-order valence-corrected chi connectivity index (χ4v) is 2.78. The summed E-state index contributed by atoms with van der Waals surface area (Å²) in [6, 6.07) is 0. The average Bonchev–Trinajstić information content (AvgIpc) is 2.62. The predicted octanol–water partition coefficient (Wildman–Crippen LogP) is 4.09.